The van der Waals surface area contributed by atoms with Crippen LogP contribution >= 0.6 is 15.9 Å². The normalized spacial score (nSPS) is 10.6. The second kappa shape index (κ2) is 5.39. The first-order valence-corrected chi connectivity index (χ1v) is 5.52. The number of hydrogen-bond acceptors (Lipinski definition) is 2. The minimum atomic E-state index is -2.67. The van der Waals surface area contributed by atoms with Crippen LogP contribution in [-0.2, 0) is 0 Å². The van der Waals surface area contributed by atoms with Gasteiger partial charge in [-0.2, -0.15) is 0 Å². The topological polar surface area (TPSA) is 26.3 Å². The fourth-order valence-electron chi connectivity index (χ4n) is 1.34. The van der Waals surface area contributed by atoms with E-state index in [1.807, 2.05) is 0 Å². The van der Waals surface area contributed by atoms with Crippen molar-refractivity contribution in [1.29, 1.82) is 0 Å². The first kappa shape index (κ1) is 13.1. The lowest BCUT2D eigenvalue weighted by atomic mass is 10.1. The van der Waals surface area contributed by atoms with Gasteiger partial charge in [-0.1, -0.05) is 15.9 Å². The Kier molecular flexibility index (Phi) is 4.41. The van der Waals surface area contributed by atoms with Crippen LogP contribution in [-0.4, -0.2) is 12.4 Å². The van der Waals surface area contributed by atoms with E-state index in [1.165, 1.54) is 19.1 Å². The summed E-state index contributed by atoms with van der Waals surface area (Å²) in [5.74, 6) is -0.320. The highest BCUT2D eigenvalue weighted by Gasteiger charge is 2.20. The van der Waals surface area contributed by atoms with Crippen LogP contribution in [0.5, 0.6) is 5.75 Å². The minimum Gasteiger partial charge on any atom is -0.493 e. The van der Waals surface area contributed by atoms with Crippen LogP contribution in [0.2, 0.25) is 0 Å². The lowest BCUT2D eigenvalue weighted by molar-refractivity contribution is 0.101. The number of hydrogen-bond donors (Lipinski definition) is 0. The number of carbonyl (C=O) groups excluding carboxylic acids is 1. The van der Waals surface area contributed by atoms with Gasteiger partial charge in [0, 0.05) is 4.47 Å². The minimum absolute atomic E-state index is 0.0202. The average Bonchev–Trinajstić information content (AvgIpc) is 2.19. The molecule has 16 heavy (non-hydrogen) atoms. The van der Waals surface area contributed by atoms with E-state index in [-0.39, 0.29) is 29.3 Å². The summed E-state index contributed by atoms with van der Waals surface area (Å²) >= 11 is 3.09. The van der Waals surface area contributed by atoms with Crippen molar-refractivity contribution in [2.75, 3.05) is 6.61 Å². The summed E-state index contributed by atoms with van der Waals surface area (Å²) in [5, 5.41) is 0. The van der Waals surface area contributed by atoms with Crippen molar-refractivity contribution < 1.29 is 18.3 Å². The standard InChI is InChI=1S/C11H11BrF2O2/c1-3-16-10-8(6(2)15)4-7(12)5-9(10)11(13)14/h4-5,11H,3H2,1-2H3. The summed E-state index contributed by atoms with van der Waals surface area (Å²) < 4.78 is 31.1. The molecule has 0 aromatic heterocycles. The second-order valence-electron chi connectivity index (χ2n) is 3.16. The molecule has 5 heteroatoms. The molecule has 1 aromatic rings. The Morgan fingerprint density at radius 2 is 2.12 bits per heavy atom. The van der Waals surface area contributed by atoms with Crippen LogP contribution in [0.15, 0.2) is 16.6 Å². The summed E-state index contributed by atoms with van der Waals surface area (Å²) in [6.07, 6.45) is -2.67. The molecule has 0 N–H and O–H groups in total. The van der Waals surface area contributed by atoms with E-state index in [1.54, 1.807) is 6.92 Å². The van der Waals surface area contributed by atoms with E-state index >= 15 is 0 Å². The maximum atomic E-state index is 12.8. The third-order valence-electron chi connectivity index (χ3n) is 1.99. The van der Waals surface area contributed by atoms with E-state index in [0.29, 0.717) is 4.47 Å². The molecular weight excluding hydrogens is 282 g/mol. The quantitative estimate of drug-likeness (QED) is 0.785. The van der Waals surface area contributed by atoms with E-state index in [2.05, 4.69) is 15.9 Å². The highest BCUT2D eigenvalue weighted by atomic mass is 79.9. The monoisotopic (exact) mass is 292 g/mol. The largest absolute Gasteiger partial charge is 0.493 e. The Morgan fingerprint density at radius 1 is 1.50 bits per heavy atom. The van der Waals surface area contributed by atoms with Gasteiger partial charge in [0.2, 0.25) is 0 Å². The predicted molar refractivity (Wildman–Crippen MR) is 60.3 cm³/mol. The number of alkyl halides is 2. The fourth-order valence-corrected chi connectivity index (χ4v) is 1.82. The van der Waals surface area contributed by atoms with Gasteiger partial charge in [0.25, 0.3) is 6.43 Å². The third-order valence-corrected chi connectivity index (χ3v) is 2.44. The van der Waals surface area contributed by atoms with Gasteiger partial charge in [0.1, 0.15) is 5.75 Å². The number of rotatable bonds is 4. The second-order valence-corrected chi connectivity index (χ2v) is 4.08. The van der Waals surface area contributed by atoms with Crippen molar-refractivity contribution in [3.05, 3.63) is 27.7 Å². The Morgan fingerprint density at radius 3 is 2.56 bits per heavy atom. The molecule has 0 radical (unpaired) electrons. The SMILES string of the molecule is CCOc1c(C(C)=O)cc(Br)cc1C(F)F. The van der Waals surface area contributed by atoms with Crippen LogP contribution < -0.4 is 4.74 Å². The van der Waals surface area contributed by atoms with Crippen molar-refractivity contribution in [1.82, 2.24) is 0 Å². The predicted octanol–water partition coefficient (Wildman–Crippen LogP) is 3.99. The van der Waals surface area contributed by atoms with Crippen molar-refractivity contribution in [2.45, 2.75) is 20.3 Å². The van der Waals surface area contributed by atoms with E-state index in [4.69, 9.17) is 4.74 Å². The van der Waals surface area contributed by atoms with Crippen LogP contribution in [0.1, 0.15) is 36.2 Å². The van der Waals surface area contributed by atoms with Gasteiger partial charge < -0.3 is 4.74 Å². The highest BCUT2D eigenvalue weighted by molar-refractivity contribution is 9.10. The van der Waals surface area contributed by atoms with Gasteiger partial charge in [0.15, 0.2) is 5.78 Å². The van der Waals surface area contributed by atoms with Gasteiger partial charge in [-0.15, -0.1) is 0 Å². The van der Waals surface area contributed by atoms with Gasteiger partial charge in [-0.25, -0.2) is 8.78 Å². The number of carbonyl (C=O) groups is 1. The number of benzene rings is 1. The summed E-state index contributed by atoms with van der Waals surface area (Å²) in [7, 11) is 0. The Labute approximate surface area is 101 Å². The molecule has 1 rings (SSSR count). The van der Waals surface area contributed by atoms with Crippen molar-refractivity contribution in [3.63, 3.8) is 0 Å². The van der Waals surface area contributed by atoms with Gasteiger partial charge in [-0.3, -0.25) is 4.79 Å². The lowest BCUT2D eigenvalue weighted by Crippen LogP contribution is -2.04. The Balaban J connectivity index is 3.41. The molecule has 1 aromatic carbocycles. The molecule has 0 spiro atoms. The molecule has 0 unspecified atom stereocenters. The van der Waals surface area contributed by atoms with Gasteiger partial charge in [0.05, 0.1) is 17.7 Å². The van der Waals surface area contributed by atoms with E-state index in [9.17, 15) is 13.6 Å². The molecule has 88 valence electrons. The van der Waals surface area contributed by atoms with Crippen LogP contribution in [0, 0.1) is 0 Å². The van der Waals surface area contributed by atoms with Crippen LogP contribution in [0.3, 0.4) is 0 Å². The number of Topliss-reactive ketones (excluding diaryl/α,β-unsaturated/α-hetero) is 1. The fraction of sp³-hybridized carbons (Fsp3) is 0.364. The molecule has 0 amide bonds. The molecule has 0 heterocycles. The zero-order valence-electron chi connectivity index (χ0n) is 8.89. The summed E-state index contributed by atoms with van der Waals surface area (Å²) in [6, 6.07) is 2.75. The number of ether oxygens (including phenoxy) is 1. The zero-order valence-corrected chi connectivity index (χ0v) is 10.5. The zero-order chi connectivity index (χ0) is 12.3. The van der Waals surface area contributed by atoms with Crippen LogP contribution in [0.4, 0.5) is 8.78 Å². The molecule has 0 atom stereocenters. The first-order valence-electron chi connectivity index (χ1n) is 4.72. The highest BCUT2D eigenvalue weighted by Crippen LogP contribution is 2.35. The van der Waals surface area contributed by atoms with Crippen molar-refractivity contribution in [2.24, 2.45) is 0 Å². The molecule has 2 nitrogen and oxygen atoms in total. The van der Waals surface area contributed by atoms with Crippen molar-refractivity contribution >= 4 is 21.7 Å². The molecule has 0 bridgehead atoms. The molecule has 0 aliphatic rings. The number of halogens is 3. The summed E-state index contributed by atoms with van der Waals surface area (Å²) in [5.41, 5.74) is -0.0899. The smallest absolute Gasteiger partial charge is 0.267 e. The lowest BCUT2D eigenvalue weighted by Gasteiger charge is -2.13. The van der Waals surface area contributed by atoms with E-state index < -0.39 is 6.43 Å². The molecular formula is C11H11BrF2O2. The van der Waals surface area contributed by atoms with Gasteiger partial charge >= 0.3 is 0 Å². The van der Waals surface area contributed by atoms with Crippen LogP contribution in [0.25, 0.3) is 0 Å². The summed E-state index contributed by atoms with van der Waals surface area (Å²) in [4.78, 5) is 11.3. The molecule has 0 fully saturated rings. The maximum Gasteiger partial charge on any atom is 0.267 e. The maximum absolute atomic E-state index is 12.8. The molecule has 0 aliphatic heterocycles. The third kappa shape index (κ3) is 2.78. The molecule has 0 saturated carbocycles. The summed E-state index contributed by atoms with van der Waals surface area (Å²) in [6.45, 7) is 3.24. The Bertz CT molecular complexity index is 405. The molecule has 0 saturated heterocycles. The van der Waals surface area contributed by atoms with Gasteiger partial charge in [-0.05, 0) is 26.0 Å². The average molecular weight is 293 g/mol. The van der Waals surface area contributed by atoms with E-state index in [0.717, 1.165) is 0 Å². The Hall–Kier alpha value is -0.970. The first-order chi connectivity index (χ1) is 7.47. The number of ketones is 1. The van der Waals surface area contributed by atoms with Crippen molar-refractivity contribution in [3.8, 4) is 5.75 Å². The molecule has 0 aliphatic carbocycles.